The van der Waals surface area contributed by atoms with E-state index in [4.69, 9.17) is 5.73 Å². The molecule has 5 nitrogen and oxygen atoms in total. The minimum Gasteiger partial charge on any atom is -0.504 e. The predicted octanol–water partition coefficient (Wildman–Crippen LogP) is 1.61. The Morgan fingerprint density at radius 2 is 2.00 bits per heavy atom. The lowest BCUT2D eigenvalue weighted by atomic mass is 10.0. The van der Waals surface area contributed by atoms with Gasteiger partial charge in [-0.1, -0.05) is 19.4 Å². The summed E-state index contributed by atoms with van der Waals surface area (Å²) in [7, 11) is 1.76. The molecule has 1 aromatic carbocycles. The molecule has 0 heterocycles. The number of hydrogen-bond acceptors (Lipinski definition) is 4. The number of hydrogen-bond donors (Lipinski definition) is 3. The van der Waals surface area contributed by atoms with Gasteiger partial charge in [0.2, 0.25) is 5.91 Å². The van der Waals surface area contributed by atoms with E-state index in [0.29, 0.717) is 6.42 Å². The van der Waals surface area contributed by atoms with Crippen molar-refractivity contribution in [1.82, 2.24) is 4.90 Å². The lowest BCUT2D eigenvalue weighted by Crippen LogP contribution is -2.46. The van der Waals surface area contributed by atoms with Crippen LogP contribution in [0.15, 0.2) is 18.2 Å². The molecule has 1 aromatic rings. The van der Waals surface area contributed by atoms with Gasteiger partial charge in [-0.2, -0.15) is 0 Å². The summed E-state index contributed by atoms with van der Waals surface area (Å²) in [5.41, 5.74) is 6.66. The molecule has 20 heavy (non-hydrogen) atoms. The minimum atomic E-state index is -0.650. The van der Waals surface area contributed by atoms with E-state index in [1.807, 2.05) is 6.92 Å². The number of carbonyl (C=O) groups is 1. The molecule has 1 unspecified atom stereocenters. The van der Waals surface area contributed by atoms with Crippen molar-refractivity contribution in [3.63, 3.8) is 0 Å². The van der Waals surface area contributed by atoms with Crippen LogP contribution in [-0.2, 0) is 11.2 Å². The number of amides is 1. The molecule has 5 heteroatoms. The molecule has 1 rings (SSSR count). The number of phenols is 2. The Bertz CT molecular complexity index is 462. The highest BCUT2D eigenvalue weighted by Crippen LogP contribution is 2.25. The fraction of sp³-hybridized carbons (Fsp3) is 0.533. The first kappa shape index (κ1) is 16.3. The molecule has 0 spiro atoms. The highest BCUT2D eigenvalue weighted by molar-refractivity contribution is 5.82. The average Bonchev–Trinajstić information content (AvgIpc) is 2.41. The van der Waals surface area contributed by atoms with E-state index in [-0.39, 0.29) is 23.4 Å². The summed E-state index contributed by atoms with van der Waals surface area (Å²) in [4.78, 5) is 13.9. The number of nitrogens with two attached hydrogens (primary N) is 1. The van der Waals surface area contributed by atoms with Gasteiger partial charge in [-0.25, -0.2) is 0 Å². The second-order valence-corrected chi connectivity index (χ2v) is 5.22. The third-order valence-corrected chi connectivity index (χ3v) is 3.53. The van der Waals surface area contributed by atoms with Gasteiger partial charge in [-0.3, -0.25) is 4.79 Å². The second-order valence-electron chi connectivity index (χ2n) is 5.22. The smallest absolute Gasteiger partial charge is 0.239 e. The summed E-state index contributed by atoms with van der Waals surface area (Å²) < 4.78 is 0. The Kier molecular flexibility index (Phi) is 5.82. The second kappa shape index (κ2) is 7.14. The van der Waals surface area contributed by atoms with Crippen molar-refractivity contribution in [3.8, 4) is 11.5 Å². The Hall–Kier alpha value is -1.75. The van der Waals surface area contributed by atoms with Crippen LogP contribution < -0.4 is 5.73 Å². The van der Waals surface area contributed by atoms with Crippen LogP contribution in [0.2, 0.25) is 0 Å². The highest BCUT2D eigenvalue weighted by atomic mass is 16.3. The molecule has 0 aromatic heterocycles. The number of carbonyl (C=O) groups excluding carboxylic acids is 1. The molecule has 0 radical (unpaired) electrons. The van der Waals surface area contributed by atoms with Crippen molar-refractivity contribution >= 4 is 5.91 Å². The molecule has 0 aliphatic carbocycles. The van der Waals surface area contributed by atoms with Crippen molar-refractivity contribution in [2.75, 3.05) is 7.05 Å². The SMILES string of the molecule is CCCC(C)N(C)C(=O)[C@@H](N)Cc1ccc(O)c(O)c1. The van der Waals surface area contributed by atoms with Crippen LogP contribution in [0.4, 0.5) is 0 Å². The maximum absolute atomic E-state index is 12.2. The summed E-state index contributed by atoms with van der Waals surface area (Å²) in [5.74, 6) is -0.490. The molecule has 112 valence electrons. The average molecular weight is 280 g/mol. The number of rotatable bonds is 6. The first-order valence-electron chi connectivity index (χ1n) is 6.89. The Labute approximate surface area is 120 Å². The molecule has 1 amide bonds. The van der Waals surface area contributed by atoms with Crippen molar-refractivity contribution in [1.29, 1.82) is 0 Å². The number of nitrogens with zero attached hydrogens (tertiary/aromatic N) is 1. The van der Waals surface area contributed by atoms with Gasteiger partial charge in [-0.05, 0) is 37.5 Å². The van der Waals surface area contributed by atoms with E-state index >= 15 is 0 Å². The van der Waals surface area contributed by atoms with E-state index in [9.17, 15) is 15.0 Å². The molecule has 0 aliphatic heterocycles. The Balaban J connectivity index is 2.67. The number of benzene rings is 1. The number of likely N-dealkylation sites (N-methyl/N-ethyl adjacent to an activating group) is 1. The van der Waals surface area contributed by atoms with Crippen molar-refractivity contribution in [2.24, 2.45) is 5.73 Å². The summed E-state index contributed by atoms with van der Waals surface area (Å²) in [6.45, 7) is 4.08. The fourth-order valence-electron chi connectivity index (χ4n) is 2.13. The quantitative estimate of drug-likeness (QED) is 0.691. The molecule has 0 fully saturated rings. The van der Waals surface area contributed by atoms with Crippen molar-refractivity contribution in [2.45, 2.75) is 45.2 Å². The molecular formula is C15H24N2O3. The molecule has 0 bridgehead atoms. The topological polar surface area (TPSA) is 86.8 Å². The van der Waals surface area contributed by atoms with Gasteiger partial charge in [0, 0.05) is 13.1 Å². The molecular weight excluding hydrogens is 256 g/mol. The molecule has 0 aliphatic rings. The van der Waals surface area contributed by atoms with E-state index in [0.717, 1.165) is 18.4 Å². The molecule has 0 saturated carbocycles. The highest BCUT2D eigenvalue weighted by Gasteiger charge is 2.22. The molecule has 4 N–H and O–H groups in total. The summed E-state index contributed by atoms with van der Waals surface area (Å²) in [6.07, 6.45) is 2.28. The number of phenolic OH excluding ortho intramolecular Hbond substituents is 2. The molecule has 2 atom stereocenters. The van der Waals surface area contributed by atoms with Gasteiger partial charge < -0.3 is 20.8 Å². The third-order valence-electron chi connectivity index (χ3n) is 3.53. The van der Waals surface area contributed by atoms with E-state index in [1.165, 1.54) is 12.1 Å². The largest absolute Gasteiger partial charge is 0.504 e. The van der Waals surface area contributed by atoms with Crippen LogP contribution in [0.25, 0.3) is 0 Å². The predicted molar refractivity (Wildman–Crippen MR) is 78.6 cm³/mol. The fourth-order valence-corrected chi connectivity index (χ4v) is 2.13. The Morgan fingerprint density at radius 1 is 1.35 bits per heavy atom. The monoisotopic (exact) mass is 280 g/mol. The summed E-state index contributed by atoms with van der Waals surface area (Å²) in [6, 6.07) is 3.98. The maximum atomic E-state index is 12.2. The van der Waals surface area contributed by atoms with Gasteiger partial charge in [0.05, 0.1) is 6.04 Å². The van der Waals surface area contributed by atoms with Gasteiger partial charge >= 0.3 is 0 Å². The van der Waals surface area contributed by atoms with Crippen molar-refractivity contribution < 1.29 is 15.0 Å². The van der Waals surface area contributed by atoms with Crippen LogP contribution in [0.1, 0.15) is 32.3 Å². The van der Waals surface area contributed by atoms with Crippen LogP contribution in [0, 0.1) is 0 Å². The van der Waals surface area contributed by atoms with Gasteiger partial charge in [0.25, 0.3) is 0 Å². The summed E-state index contributed by atoms with van der Waals surface area (Å²) >= 11 is 0. The van der Waals surface area contributed by atoms with E-state index in [1.54, 1.807) is 18.0 Å². The van der Waals surface area contributed by atoms with Gasteiger partial charge in [0.1, 0.15) is 0 Å². The molecule has 0 saturated heterocycles. The van der Waals surface area contributed by atoms with E-state index < -0.39 is 6.04 Å². The van der Waals surface area contributed by atoms with Crippen LogP contribution in [0.5, 0.6) is 11.5 Å². The Morgan fingerprint density at radius 3 is 2.55 bits per heavy atom. The minimum absolute atomic E-state index is 0.112. The zero-order chi connectivity index (χ0) is 15.3. The number of aromatic hydroxyl groups is 2. The first-order valence-corrected chi connectivity index (χ1v) is 6.89. The standard InChI is InChI=1S/C15H24N2O3/c1-4-5-10(2)17(3)15(20)12(16)8-11-6-7-13(18)14(19)9-11/h6-7,9-10,12,18-19H,4-5,8,16H2,1-3H3/t10?,12-/m0/s1. The van der Waals surface area contributed by atoms with Gasteiger partial charge in [-0.15, -0.1) is 0 Å². The van der Waals surface area contributed by atoms with Crippen molar-refractivity contribution in [3.05, 3.63) is 23.8 Å². The zero-order valence-electron chi connectivity index (χ0n) is 12.3. The third kappa shape index (κ3) is 4.13. The van der Waals surface area contributed by atoms with E-state index in [2.05, 4.69) is 6.92 Å². The lowest BCUT2D eigenvalue weighted by molar-refractivity contribution is -0.133. The van der Waals surface area contributed by atoms with Crippen LogP contribution in [-0.4, -0.2) is 40.2 Å². The maximum Gasteiger partial charge on any atom is 0.239 e. The van der Waals surface area contributed by atoms with Crippen LogP contribution in [0.3, 0.4) is 0 Å². The lowest BCUT2D eigenvalue weighted by Gasteiger charge is -2.27. The first-order chi connectivity index (χ1) is 9.36. The normalized spacial score (nSPS) is 13.8. The van der Waals surface area contributed by atoms with Gasteiger partial charge in [0.15, 0.2) is 11.5 Å². The summed E-state index contributed by atoms with van der Waals surface area (Å²) in [5, 5.41) is 18.7. The van der Waals surface area contributed by atoms with Crippen LogP contribution >= 0.6 is 0 Å². The zero-order valence-corrected chi connectivity index (χ0v) is 12.3.